The van der Waals surface area contributed by atoms with E-state index >= 15 is 0 Å². The molecule has 1 N–H and O–H groups in total. The number of benzene rings is 2. The van der Waals surface area contributed by atoms with Gasteiger partial charge < -0.3 is 5.32 Å². The molecule has 2 aromatic carbocycles. The van der Waals surface area contributed by atoms with Crippen LogP contribution in [0.15, 0.2) is 48.5 Å². The highest BCUT2D eigenvalue weighted by Gasteiger charge is 2.17. The predicted molar refractivity (Wildman–Crippen MR) is 85.2 cm³/mol. The third-order valence-corrected chi connectivity index (χ3v) is 3.50. The summed E-state index contributed by atoms with van der Waals surface area (Å²) in [5.41, 5.74) is 1.04. The van der Waals surface area contributed by atoms with Crippen molar-refractivity contribution in [2.24, 2.45) is 0 Å². The SMILES string of the molecule is C[C@H](Cc1ccccc1)NC(=O)c1cc([N+](=O)[O-])ccc1Cl. The van der Waals surface area contributed by atoms with Crippen molar-refractivity contribution in [3.05, 3.63) is 74.8 Å². The van der Waals surface area contributed by atoms with Crippen LogP contribution in [-0.2, 0) is 6.42 Å². The number of carbonyl (C=O) groups is 1. The molecule has 22 heavy (non-hydrogen) atoms. The smallest absolute Gasteiger partial charge is 0.270 e. The molecule has 114 valence electrons. The summed E-state index contributed by atoms with van der Waals surface area (Å²) in [7, 11) is 0. The third-order valence-electron chi connectivity index (χ3n) is 3.17. The zero-order valence-corrected chi connectivity index (χ0v) is 12.7. The van der Waals surface area contributed by atoms with Gasteiger partial charge in [0.15, 0.2) is 0 Å². The molecule has 0 spiro atoms. The molecule has 0 unspecified atom stereocenters. The standard InChI is InChI=1S/C16H15ClN2O3/c1-11(9-12-5-3-2-4-6-12)18-16(20)14-10-13(19(21)22)7-8-15(14)17/h2-8,10-11H,9H2,1H3,(H,18,20)/t11-/m1/s1. The van der Waals surface area contributed by atoms with Gasteiger partial charge in [0.1, 0.15) is 0 Å². The Morgan fingerprint density at radius 1 is 1.27 bits per heavy atom. The fraction of sp³-hybridized carbons (Fsp3) is 0.188. The zero-order chi connectivity index (χ0) is 16.1. The fourth-order valence-electron chi connectivity index (χ4n) is 2.12. The van der Waals surface area contributed by atoms with Crippen molar-refractivity contribution >= 4 is 23.2 Å². The normalized spacial score (nSPS) is 11.7. The number of hydrogen-bond donors (Lipinski definition) is 1. The Kier molecular flexibility index (Phi) is 5.12. The molecule has 0 aliphatic carbocycles. The van der Waals surface area contributed by atoms with Crippen LogP contribution in [0.3, 0.4) is 0 Å². The number of amides is 1. The number of nitrogens with zero attached hydrogens (tertiary/aromatic N) is 1. The van der Waals surface area contributed by atoms with Gasteiger partial charge in [-0.1, -0.05) is 41.9 Å². The lowest BCUT2D eigenvalue weighted by Gasteiger charge is -2.14. The van der Waals surface area contributed by atoms with Gasteiger partial charge in [0, 0.05) is 18.2 Å². The first-order chi connectivity index (χ1) is 10.5. The molecule has 5 nitrogen and oxygen atoms in total. The van der Waals surface area contributed by atoms with Gasteiger partial charge in [-0.2, -0.15) is 0 Å². The highest BCUT2D eigenvalue weighted by Crippen LogP contribution is 2.22. The molecule has 6 heteroatoms. The van der Waals surface area contributed by atoms with Crippen molar-refractivity contribution < 1.29 is 9.72 Å². The average molecular weight is 319 g/mol. The van der Waals surface area contributed by atoms with Crippen LogP contribution in [0.2, 0.25) is 5.02 Å². The number of carbonyl (C=O) groups excluding carboxylic acids is 1. The van der Waals surface area contributed by atoms with Gasteiger partial charge in [-0.25, -0.2) is 0 Å². The first kappa shape index (κ1) is 16.0. The van der Waals surface area contributed by atoms with Crippen LogP contribution in [0.1, 0.15) is 22.8 Å². The number of nitrogens with one attached hydrogen (secondary N) is 1. The number of nitro benzene ring substituents is 1. The molecular weight excluding hydrogens is 304 g/mol. The Morgan fingerprint density at radius 2 is 1.95 bits per heavy atom. The highest BCUT2D eigenvalue weighted by atomic mass is 35.5. The Bertz CT molecular complexity index is 689. The molecule has 0 aliphatic heterocycles. The second kappa shape index (κ2) is 7.04. The van der Waals surface area contributed by atoms with E-state index in [1.807, 2.05) is 37.3 Å². The van der Waals surface area contributed by atoms with E-state index < -0.39 is 10.8 Å². The van der Waals surface area contributed by atoms with Gasteiger partial charge in [-0.15, -0.1) is 0 Å². The summed E-state index contributed by atoms with van der Waals surface area (Å²) in [5, 5.41) is 13.8. The number of nitro groups is 1. The topological polar surface area (TPSA) is 72.2 Å². The van der Waals surface area contributed by atoms with E-state index in [1.54, 1.807) is 0 Å². The van der Waals surface area contributed by atoms with Crippen molar-refractivity contribution in [2.75, 3.05) is 0 Å². The predicted octanol–water partition coefficient (Wildman–Crippen LogP) is 3.61. The molecule has 0 heterocycles. The van der Waals surface area contributed by atoms with Crippen molar-refractivity contribution in [1.29, 1.82) is 0 Å². The molecule has 0 aliphatic rings. The van der Waals surface area contributed by atoms with Gasteiger partial charge >= 0.3 is 0 Å². The van der Waals surface area contributed by atoms with Gasteiger partial charge in [0.05, 0.1) is 15.5 Å². The summed E-state index contributed by atoms with van der Waals surface area (Å²) in [4.78, 5) is 22.4. The van der Waals surface area contributed by atoms with Gasteiger partial charge in [0.2, 0.25) is 0 Å². The van der Waals surface area contributed by atoms with Crippen LogP contribution in [-0.4, -0.2) is 16.9 Å². The second-order valence-corrected chi connectivity index (χ2v) is 5.39. The van der Waals surface area contributed by atoms with Crippen LogP contribution in [0.4, 0.5) is 5.69 Å². The second-order valence-electron chi connectivity index (χ2n) is 4.99. The van der Waals surface area contributed by atoms with Gasteiger partial charge in [0.25, 0.3) is 11.6 Å². The van der Waals surface area contributed by atoms with Crippen molar-refractivity contribution in [1.82, 2.24) is 5.32 Å². The molecule has 0 saturated carbocycles. The van der Waals surface area contributed by atoms with Crippen molar-refractivity contribution in [3.8, 4) is 0 Å². The number of hydrogen-bond acceptors (Lipinski definition) is 3. The Morgan fingerprint density at radius 3 is 2.59 bits per heavy atom. The minimum Gasteiger partial charge on any atom is -0.349 e. The molecule has 0 aromatic heterocycles. The molecular formula is C16H15ClN2O3. The number of rotatable bonds is 5. The Balaban J connectivity index is 2.08. The molecule has 0 bridgehead atoms. The third kappa shape index (κ3) is 4.05. The molecule has 0 radical (unpaired) electrons. The summed E-state index contributed by atoms with van der Waals surface area (Å²) >= 11 is 5.96. The van der Waals surface area contributed by atoms with E-state index in [1.165, 1.54) is 18.2 Å². The monoisotopic (exact) mass is 318 g/mol. The van der Waals surface area contributed by atoms with Crippen LogP contribution in [0.5, 0.6) is 0 Å². The van der Waals surface area contributed by atoms with E-state index in [0.717, 1.165) is 5.56 Å². The van der Waals surface area contributed by atoms with Crippen LogP contribution < -0.4 is 5.32 Å². The maximum Gasteiger partial charge on any atom is 0.270 e. The largest absolute Gasteiger partial charge is 0.349 e. The van der Waals surface area contributed by atoms with Gasteiger partial charge in [-0.05, 0) is 25.0 Å². The molecule has 2 aromatic rings. The lowest BCUT2D eigenvalue weighted by Crippen LogP contribution is -2.34. The quantitative estimate of drug-likeness (QED) is 0.676. The van der Waals surface area contributed by atoms with E-state index in [9.17, 15) is 14.9 Å². The molecule has 2 rings (SSSR count). The van der Waals surface area contributed by atoms with E-state index in [2.05, 4.69) is 5.32 Å². The lowest BCUT2D eigenvalue weighted by atomic mass is 10.1. The maximum atomic E-state index is 12.2. The Labute approximate surface area is 133 Å². The summed E-state index contributed by atoms with van der Waals surface area (Å²) < 4.78 is 0. The minimum absolute atomic E-state index is 0.107. The van der Waals surface area contributed by atoms with Crippen LogP contribution >= 0.6 is 11.6 Å². The zero-order valence-electron chi connectivity index (χ0n) is 12.0. The van der Waals surface area contributed by atoms with E-state index in [-0.39, 0.29) is 22.3 Å². The van der Waals surface area contributed by atoms with Crippen molar-refractivity contribution in [2.45, 2.75) is 19.4 Å². The molecule has 1 atom stereocenters. The highest BCUT2D eigenvalue weighted by molar-refractivity contribution is 6.33. The van der Waals surface area contributed by atoms with Crippen molar-refractivity contribution in [3.63, 3.8) is 0 Å². The van der Waals surface area contributed by atoms with E-state index in [4.69, 9.17) is 11.6 Å². The fourth-order valence-corrected chi connectivity index (χ4v) is 2.32. The Hall–Kier alpha value is -2.40. The molecule has 0 fully saturated rings. The number of halogens is 1. The maximum absolute atomic E-state index is 12.2. The minimum atomic E-state index is -0.555. The summed E-state index contributed by atoms with van der Waals surface area (Å²) in [6, 6.07) is 13.4. The first-order valence-corrected chi connectivity index (χ1v) is 7.14. The van der Waals surface area contributed by atoms with E-state index in [0.29, 0.717) is 6.42 Å². The summed E-state index contributed by atoms with van der Waals surface area (Å²) in [6.07, 6.45) is 0.666. The van der Waals surface area contributed by atoms with Gasteiger partial charge in [-0.3, -0.25) is 14.9 Å². The lowest BCUT2D eigenvalue weighted by molar-refractivity contribution is -0.384. The summed E-state index contributed by atoms with van der Waals surface area (Å²) in [5.74, 6) is -0.419. The summed E-state index contributed by atoms with van der Waals surface area (Å²) in [6.45, 7) is 1.87. The average Bonchev–Trinajstić information content (AvgIpc) is 2.48. The molecule has 0 saturated heterocycles. The first-order valence-electron chi connectivity index (χ1n) is 6.76. The van der Waals surface area contributed by atoms with Crippen LogP contribution in [0.25, 0.3) is 0 Å². The molecule has 1 amide bonds. The van der Waals surface area contributed by atoms with Crippen LogP contribution in [0, 0.1) is 10.1 Å². The number of non-ortho nitro benzene ring substituents is 1.